The quantitative estimate of drug-likeness (QED) is 0.865. The first-order valence-electron chi connectivity index (χ1n) is 5.17. The molecule has 1 aliphatic heterocycles. The third-order valence-electron chi connectivity index (χ3n) is 2.22. The van der Waals surface area contributed by atoms with E-state index in [2.05, 4.69) is 10.2 Å². The maximum absolute atomic E-state index is 10.7. The number of hydrogen-bond donors (Lipinski definition) is 1. The first kappa shape index (κ1) is 11.3. The van der Waals surface area contributed by atoms with Gasteiger partial charge in [0.2, 0.25) is 6.04 Å². The summed E-state index contributed by atoms with van der Waals surface area (Å²) in [7, 11) is 0. The Labute approximate surface area is 98.4 Å². The van der Waals surface area contributed by atoms with Crippen LogP contribution in [0.1, 0.15) is 12.5 Å². The maximum atomic E-state index is 10.7. The van der Waals surface area contributed by atoms with Crippen LogP contribution in [-0.4, -0.2) is 17.7 Å². The van der Waals surface area contributed by atoms with Gasteiger partial charge in [-0.05, 0) is 37.3 Å². The van der Waals surface area contributed by atoms with Crippen LogP contribution in [0.15, 0.2) is 40.6 Å². The highest BCUT2D eigenvalue weighted by Crippen LogP contribution is 2.28. The highest BCUT2D eigenvalue weighted by atomic mass is 16.5. The van der Waals surface area contributed by atoms with Gasteiger partial charge in [0, 0.05) is 5.56 Å². The molecule has 1 heterocycles. The highest BCUT2D eigenvalue weighted by molar-refractivity contribution is 5.89. The molecule has 0 fully saturated rings. The van der Waals surface area contributed by atoms with E-state index in [1.54, 1.807) is 0 Å². The van der Waals surface area contributed by atoms with E-state index in [0.29, 0.717) is 12.3 Å². The molecule has 0 bridgehead atoms. The van der Waals surface area contributed by atoms with Crippen LogP contribution in [0.2, 0.25) is 0 Å². The predicted octanol–water partition coefficient (Wildman–Crippen LogP) is 2.51. The van der Waals surface area contributed by atoms with Crippen LogP contribution in [0, 0.1) is 6.04 Å². The summed E-state index contributed by atoms with van der Waals surface area (Å²) < 4.78 is 5.31. The topological polar surface area (TPSA) is 71.2 Å². The van der Waals surface area contributed by atoms with Gasteiger partial charge in [-0.25, -0.2) is 4.79 Å². The molecule has 5 heteroatoms. The average molecular weight is 231 g/mol. The van der Waals surface area contributed by atoms with Crippen molar-refractivity contribution in [2.75, 3.05) is 6.61 Å². The second kappa shape index (κ2) is 4.78. The molecular weight excluding hydrogens is 220 g/mol. The minimum Gasteiger partial charge on any atom is -0.494 e. The van der Waals surface area contributed by atoms with Crippen molar-refractivity contribution in [2.45, 2.75) is 6.92 Å². The van der Waals surface area contributed by atoms with E-state index >= 15 is 0 Å². The Bertz CT molecular complexity index is 477. The normalized spacial score (nSPS) is 14.8. The summed E-state index contributed by atoms with van der Waals surface area (Å²) in [5.74, 6) is -0.302. The molecule has 0 saturated carbocycles. The van der Waals surface area contributed by atoms with Gasteiger partial charge in [-0.2, -0.15) is 10.2 Å². The molecule has 0 aliphatic carbocycles. The molecule has 0 amide bonds. The molecule has 0 spiro atoms. The number of aliphatic carboxylic acids is 1. The summed E-state index contributed by atoms with van der Waals surface area (Å²) in [6.07, 6.45) is 1.44. The van der Waals surface area contributed by atoms with E-state index in [-0.39, 0.29) is 6.04 Å². The molecule has 1 radical (unpaired) electrons. The van der Waals surface area contributed by atoms with Gasteiger partial charge in [-0.15, -0.1) is 0 Å². The zero-order chi connectivity index (χ0) is 12.3. The summed E-state index contributed by atoms with van der Waals surface area (Å²) in [5.41, 5.74) is 1.36. The van der Waals surface area contributed by atoms with Crippen LogP contribution in [-0.2, 0) is 4.79 Å². The van der Waals surface area contributed by atoms with Gasteiger partial charge in [-0.1, -0.05) is 0 Å². The monoisotopic (exact) mass is 231 g/mol. The Morgan fingerprint density at radius 2 is 2.00 bits per heavy atom. The van der Waals surface area contributed by atoms with Crippen molar-refractivity contribution >= 4 is 11.7 Å². The SMILES string of the molecule is CCOc1ccc(C2=C[C](C(=O)O)N=N2)cc1. The predicted molar refractivity (Wildman–Crippen MR) is 61.3 cm³/mol. The molecule has 17 heavy (non-hydrogen) atoms. The third-order valence-corrected chi connectivity index (χ3v) is 2.22. The Kier molecular flexibility index (Phi) is 3.18. The van der Waals surface area contributed by atoms with Crippen molar-refractivity contribution in [2.24, 2.45) is 10.2 Å². The molecule has 0 aromatic heterocycles. The van der Waals surface area contributed by atoms with E-state index in [0.717, 1.165) is 11.3 Å². The Hall–Kier alpha value is -2.17. The zero-order valence-electron chi connectivity index (χ0n) is 9.25. The third kappa shape index (κ3) is 2.50. The molecular formula is C12H11N2O3. The Morgan fingerprint density at radius 1 is 1.29 bits per heavy atom. The minimum atomic E-state index is -1.07. The molecule has 1 aromatic carbocycles. The summed E-state index contributed by atoms with van der Waals surface area (Å²) in [4.78, 5) is 10.7. The van der Waals surface area contributed by atoms with E-state index in [4.69, 9.17) is 9.84 Å². The van der Waals surface area contributed by atoms with Gasteiger partial charge in [-0.3, -0.25) is 0 Å². The number of rotatable bonds is 4. The van der Waals surface area contributed by atoms with E-state index in [1.165, 1.54) is 6.08 Å². The second-order valence-corrected chi connectivity index (χ2v) is 3.38. The molecule has 1 aliphatic rings. The fraction of sp³-hybridized carbons (Fsp3) is 0.167. The largest absolute Gasteiger partial charge is 0.494 e. The number of hydrogen-bond acceptors (Lipinski definition) is 4. The molecule has 1 N–H and O–H groups in total. The van der Waals surface area contributed by atoms with Crippen molar-refractivity contribution in [1.29, 1.82) is 0 Å². The first-order chi connectivity index (χ1) is 8.20. The van der Waals surface area contributed by atoms with E-state index in [9.17, 15) is 4.79 Å². The van der Waals surface area contributed by atoms with Gasteiger partial charge < -0.3 is 9.84 Å². The lowest BCUT2D eigenvalue weighted by Gasteiger charge is -2.03. The fourth-order valence-corrected chi connectivity index (χ4v) is 1.43. The minimum absolute atomic E-state index is 0.0473. The Morgan fingerprint density at radius 3 is 2.53 bits per heavy atom. The van der Waals surface area contributed by atoms with Crippen molar-refractivity contribution in [3.8, 4) is 5.75 Å². The fourth-order valence-electron chi connectivity index (χ4n) is 1.43. The number of carbonyl (C=O) groups is 1. The number of azo groups is 1. The summed E-state index contributed by atoms with van der Waals surface area (Å²) in [6.45, 7) is 2.52. The Balaban J connectivity index is 2.16. The summed E-state index contributed by atoms with van der Waals surface area (Å²) in [5, 5.41) is 16.1. The lowest BCUT2D eigenvalue weighted by atomic mass is 10.1. The molecule has 5 nitrogen and oxygen atoms in total. The maximum Gasteiger partial charge on any atom is 0.341 e. The number of benzene rings is 1. The van der Waals surface area contributed by atoms with Crippen LogP contribution < -0.4 is 4.74 Å². The van der Waals surface area contributed by atoms with E-state index < -0.39 is 5.97 Å². The molecule has 0 atom stereocenters. The number of ether oxygens (including phenoxy) is 1. The van der Waals surface area contributed by atoms with Crippen molar-refractivity contribution in [3.05, 3.63) is 41.9 Å². The van der Waals surface area contributed by atoms with Crippen molar-refractivity contribution < 1.29 is 14.6 Å². The van der Waals surface area contributed by atoms with Gasteiger partial charge >= 0.3 is 5.97 Å². The van der Waals surface area contributed by atoms with Crippen LogP contribution in [0.4, 0.5) is 0 Å². The van der Waals surface area contributed by atoms with E-state index in [1.807, 2.05) is 31.2 Å². The molecule has 87 valence electrons. The second-order valence-electron chi connectivity index (χ2n) is 3.38. The standard InChI is InChI=1S/C12H11N2O3/c1-2-17-9-5-3-8(4-6-9)10-7-11(12(15)16)14-13-10/h3-7H,2H2,1H3,(H,15,16). The van der Waals surface area contributed by atoms with Crippen molar-refractivity contribution in [3.63, 3.8) is 0 Å². The summed E-state index contributed by atoms with van der Waals surface area (Å²) in [6, 6.07) is 7.22. The number of nitrogens with zero attached hydrogens (tertiary/aromatic N) is 2. The van der Waals surface area contributed by atoms with Crippen LogP contribution in [0.25, 0.3) is 5.70 Å². The molecule has 0 saturated heterocycles. The van der Waals surface area contributed by atoms with Gasteiger partial charge in [0.25, 0.3) is 0 Å². The smallest absolute Gasteiger partial charge is 0.341 e. The molecule has 2 rings (SSSR count). The van der Waals surface area contributed by atoms with Gasteiger partial charge in [0.15, 0.2) is 0 Å². The van der Waals surface area contributed by atoms with Crippen LogP contribution in [0.5, 0.6) is 5.75 Å². The highest BCUT2D eigenvalue weighted by Gasteiger charge is 2.22. The van der Waals surface area contributed by atoms with Gasteiger partial charge in [0.05, 0.1) is 12.3 Å². The van der Waals surface area contributed by atoms with Crippen LogP contribution >= 0.6 is 0 Å². The van der Waals surface area contributed by atoms with Crippen LogP contribution in [0.3, 0.4) is 0 Å². The van der Waals surface area contributed by atoms with Gasteiger partial charge in [0.1, 0.15) is 5.75 Å². The zero-order valence-corrected chi connectivity index (χ0v) is 9.25. The average Bonchev–Trinajstić information content (AvgIpc) is 2.80. The summed E-state index contributed by atoms with van der Waals surface area (Å²) >= 11 is 0. The first-order valence-corrected chi connectivity index (χ1v) is 5.17. The lowest BCUT2D eigenvalue weighted by Crippen LogP contribution is -2.02. The van der Waals surface area contributed by atoms with Crippen molar-refractivity contribution in [1.82, 2.24) is 0 Å². The number of carboxylic acid groups (broad SMARTS) is 1. The molecule has 1 aromatic rings. The lowest BCUT2D eigenvalue weighted by molar-refractivity contribution is -0.134. The molecule has 0 unspecified atom stereocenters. The number of carboxylic acids is 1.